The summed E-state index contributed by atoms with van der Waals surface area (Å²) in [6.07, 6.45) is 4.64. The van der Waals surface area contributed by atoms with Gasteiger partial charge < -0.3 is 9.88 Å². The summed E-state index contributed by atoms with van der Waals surface area (Å²) >= 11 is 1.40. The standard InChI is InChI=1S/C30H26N4OS/c1-2-17-34-27(18-23-10-5-8-20-7-3-4-11-24(20)23)32-33-30(34)36-19-28(35)31-26-16-15-22-14-13-21-9-6-12-25(26)29(21)22/h2-12,15-16H,1,13-14,17-19H2,(H,31,35). The van der Waals surface area contributed by atoms with Crippen LogP contribution in [0, 0.1) is 0 Å². The van der Waals surface area contributed by atoms with Gasteiger partial charge in [0, 0.05) is 24.0 Å². The molecule has 5 aromatic rings. The Morgan fingerprint density at radius 1 is 0.944 bits per heavy atom. The lowest BCUT2D eigenvalue weighted by Gasteiger charge is -2.11. The molecule has 4 aromatic carbocycles. The number of aryl methyl sites for hydroxylation is 2. The van der Waals surface area contributed by atoms with E-state index in [2.05, 4.69) is 88.8 Å². The number of aromatic nitrogens is 3. The Labute approximate surface area is 214 Å². The number of benzene rings is 4. The second-order valence-electron chi connectivity index (χ2n) is 9.06. The van der Waals surface area contributed by atoms with Gasteiger partial charge in [-0.15, -0.1) is 16.8 Å². The third kappa shape index (κ3) is 4.18. The van der Waals surface area contributed by atoms with Crippen LogP contribution in [0.3, 0.4) is 0 Å². The third-order valence-corrected chi connectivity index (χ3v) is 7.78. The zero-order valence-electron chi connectivity index (χ0n) is 19.9. The van der Waals surface area contributed by atoms with Crippen molar-refractivity contribution in [3.05, 3.63) is 108 Å². The van der Waals surface area contributed by atoms with E-state index in [9.17, 15) is 4.79 Å². The summed E-state index contributed by atoms with van der Waals surface area (Å²) in [5, 5.41) is 17.6. The van der Waals surface area contributed by atoms with Crippen molar-refractivity contribution < 1.29 is 4.79 Å². The molecule has 178 valence electrons. The van der Waals surface area contributed by atoms with Gasteiger partial charge in [-0.2, -0.15) is 0 Å². The van der Waals surface area contributed by atoms with Gasteiger partial charge in [-0.05, 0) is 51.8 Å². The fourth-order valence-electron chi connectivity index (χ4n) is 5.16. The number of rotatable bonds is 8. The van der Waals surface area contributed by atoms with Crippen molar-refractivity contribution in [2.75, 3.05) is 11.1 Å². The van der Waals surface area contributed by atoms with Gasteiger partial charge in [-0.25, -0.2) is 0 Å². The van der Waals surface area contributed by atoms with E-state index in [1.807, 2.05) is 16.7 Å². The maximum Gasteiger partial charge on any atom is 0.234 e. The summed E-state index contributed by atoms with van der Waals surface area (Å²) < 4.78 is 2.05. The number of amides is 1. The lowest BCUT2D eigenvalue weighted by molar-refractivity contribution is -0.113. The molecular formula is C30H26N4OS. The molecule has 0 saturated heterocycles. The molecule has 0 fully saturated rings. The molecule has 0 saturated carbocycles. The molecule has 1 heterocycles. The minimum atomic E-state index is -0.0533. The van der Waals surface area contributed by atoms with E-state index in [1.54, 1.807) is 0 Å². The Hall–Kier alpha value is -3.90. The Morgan fingerprint density at radius 2 is 1.72 bits per heavy atom. The zero-order valence-corrected chi connectivity index (χ0v) is 20.7. The van der Waals surface area contributed by atoms with Crippen molar-refractivity contribution in [1.29, 1.82) is 0 Å². The van der Waals surface area contributed by atoms with E-state index in [1.165, 1.54) is 44.6 Å². The molecule has 36 heavy (non-hydrogen) atoms. The average Bonchev–Trinajstić information content (AvgIpc) is 3.50. The van der Waals surface area contributed by atoms with E-state index in [-0.39, 0.29) is 11.7 Å². The van der Waals surface area contributed by atoms with E-state index in [4.69, 9.17) is 0 Å². The molecule has 1 N–H and O–H groups in total. The topological polar surface area (TPSA) is 59.8 Å². The number of anilines is 1. The summed E-state index contributed by atoms with van der Waals surface area (Å²) in [5.74, 6) is 1.07. The van der Waals surface area contributed by atoms with Crippen molar-refractivity contribution in [3.63, 3.8) is 0 Å². The number of thioether (sulfide) groups is 1. The maximum atomic E-state index is 12.9. The average molecular weight is 491 g/mol. The second kappa shape index (κ2) is 9.63. The van der Waals surface area contributed by atoms with Crippen LogP contribution >= 0.6 is 11.8 Å². The van der Waals surface area contributed by atoms with Crippen molar-refractivity contribution in [1.82, 2.24) is 14.8 Å². The minimum Gasteiger partial charge on any atom is -0.325 e. The highest BCUT2D eigenvalue weighted by atomic mass is 32.2. The molecule has 1 aromatic heterocycles. The van der Waals surface area contributed by atoms with Gasteiger partial charge in [0.1, 0.15) is 5.82 Å². The van der Waals surface area contributed by atoms with Gasteiger partial charge in [0.2, 0.25) is 5.91 Å². The van der Waals surface area contributed by atoms with Crippen molar-refractivity contribution >= 4 is 44.9 Å². The molecule has 0 aliphatic heterocycles. The van der Waals surface area contributed by atoms with Crippen LogP contribution in [0.2, 0.25) is 0 Å². The molecule has 1 aliphatic carbocycles. The molecule has 0 unspecified atom stereocenters. The Balaban J connectivity index is 1.19. The van der Waals surface area contributed by atoms with Crippen LogP contribution in [-0.4, -0.2) is 26.4 Å². The van der Waals surface area contributed by atoms with Crippen LogP contribution in [0.15, 0.2) is 90.6 Å². The number of nitrogens with zero attached hydrogens (tertiary/aromatic N) is 3. The lowest BCUT2D eigenvalue weighted by atomic mass is 10.0. The smallest absolute Gasteiger partial charge is 0.234 e. The summed E-state index contributed by atoms with van der Waals surface area (Å²) in [6, 6.07) is 25.2. The van der Waals surface area contributed by atoms with Gasteiger partial charge in [0.25, 0.3) is 0 Å². The second-order valence-corrected chi connectivity index (χ2v) is 10.0. The van der Waals surface area contributed by atoms with Crippen LogP contribution in [-0.2, 0) is 30.6 Å². The number of hydrogen-bond acceptors (Lipinski definition) is 4. The number of fused-ring (bicyclic) bond motifs is 1. The molecule has 0 radical (unpaired) electrons. The highest BCUT2D eigenvalue weighted by Gasteiger charge is 2.18. The van der Waals surface area contributed by atoms with Gasteiger partial charge in [0.05, 0.1) is 5.75 Å². The zero-order chi connectivity index (χ0) is 24.5. The SMILES string of the molecule is C=CCn1c(Cc2cccc3ccccc23)nnc1SCC(=O)Nc1ccc2c3c(cccc13)CC2. The van der Waals surface area contributed by atoms with Crippen LogP contribution in [0.5, 0.6) is 0 Å². The first-order chi connectivity index (χ1) is 17.7. The number of hydrogen-bond donors (Lipinski definition) is 1. The Morgan fingerprint density at radius 3 is 2.61 bits per heavy atom. The first-order valence-corrected chi connectivity index (χ1v) is 13.2. The van der Waals surface area contributed by atoms with E-state index >= 15 is 0 Å². The van der Waals surface area contributed by atoms with Crippen LogP contribution in [0.1, 0.15) is 22.5 Å². The third-order valence-electron chi connectivity index (χ3n) is 6.82. The fourth-order valence-corrected chi connectivity index (χ4v) is 5.92. The van der Waals surface area contributed by atoms with E-state index in [0.29, 0.717) is 13.0 Å². The monoisotopic (exact) mass is 490 g/mol. The van der Waals surface area contributed by atoms with Gasteiger partial charge in [0.15, 0.2) is 5.16 Å². The van der Waals surface area contributed by atoms with Crippen molar-refractivity contribution in [2.24, 2.45) is 0 Å². The minimum absolute atomic E-state index is 0.0533. The van der Waals surface area contributed by atoms with Gasteiger partial charge >= 0.3 is 0 Å². The molecule has 6 rings (SSSR count). The molecule has 1 amide bonds. The molecule has 5 nitrogen and oxygen atoms in total. The Bertz CT molecular complexity index is 1610. The number of nitrogens with one attached hydrogen (secondary N) is 1. The predicted octanol–water partition coefficient (Wildman–Crippen LogP) is 6.19. The molecular weight excluding hydrogens is 464 g/mol. The largest absolute Gasteiger partial charge is 0.325 e. The molecule has 1 aliphatic rings. The number of carbonyl (C=O) groups excluding carboxylic acids is 1. The quantitative estimate of drug-likeness (QED) is 0.208. The summed E-state index contributed by atoms with van der Waals surface area (Å²) in [5.41, 5.74) is 4.80. The summed E-state index contributed by atoms with van der Waals surface area (Å²) in [4.78, 5) is 12.9. The highest BCUT2D eigenvalue weighted by molar-refractivity contribution is 7.99. The normalized spacial score (nSPS) is 12.3. The van der Waals surface area contributed by atoms with Gasteiger partial charge in [-0.3, -0.25) is 4.79 Å². The van der Waals surface area contributed by atoms with Crippen molar-refractivity contribution in [2.45, 2.75) is 31.0 Å². The summed E-state index contributed by atoms with van der Waals surface area (Å²) in [6.45, 7) is 4.50. The maximum absolute atomic E-state index is 12.9. The molecule has 6 heteroatoms. The van der Waals surface area contributed by atoms with E-state index in [0.717, 1.165) is 34.9 Å². The van der Waals surface area contributed by atoms with E-state index < -0.39 is 0 Å². The summed E-state index contributed by atoms with van der Waals surface area (Å²) in [7, 11) is 0. The first kappa shape index (κ1) is 22.6. The van der Waals surface area contributed by atoms with Crippen LogP contribution in [0.4, 0.5) is 5.69 Å². The fraction of sp³-hybridized carbons (Fsp3) is 0.167. The lowest BCUT2D eigenvalue weighted by Crippen LogP contribution is -2.15. The molecule has 0 bridgehead atoms. The first-order valence-electron chi connectivity index (χ1n) is 12.2. The van der Waals surface area contributed by atoms with Crippen molar-refractivity contribution in [3.8, 4) is 0 Å². The predicted molar refractivity (Wildman–Crippen MR) is 148 cm³/mol. The van der Waals surface area contributed by atoms with Crippen LogP contribution in [0.25, 0.3) is 21.5 Å². The number of allylic oxidation sites excluding steroid dienone is 1. The molecule has 0 atom stereocenters. The molecule has 0 spiro atoms. The highest BCUT2D eigenvalue weighted by Crippen LogP contribution is 2.35. The van der Waals surface area contributed by atoms with Crippen LogP contribution < -0.4 is 5.32 Å². The Kier molecular flexibility index (Phi) is 6.03. The van der Waals surface area contributed by atoms with Gasteiger partial charge in [-0.1, -0.05) is 84.6 Å². The number of carbonyl (C=O) groups is 1.